The Hall–Kier alpha value is -2.27. The van der Waals surface area contributed by atoms with Gasteiger partial charge in [-0.3, -0.25) is 4.79 Å². The summed E-state index contributed by atoms with van der Waals surface area (Å²) < 4.78 is 0. The highest BCUT2D eigenvalue weighted by Gasteiger charge is 2.17. The van der Waals surface area contributed by atoms with Gasteiger partial charge in [-0.25, -0.2) is 4.98 Å². The number of nitrogens with one attached hydrogen (secondary N) is 1. The number of aromatic nitrogens is 2. The predicted molar refractivity (Wildman–Crippen MR) is 108 cm³/mol. The number of aryl methyl sites for hydroxylation is 1. The van der Waals surface area contributed by atoms with Crippen molar-refractivity contribution in [2.45, 2.75) is 24.7 Å². The van der Waals surface area contributed by atoms with Crippen LogP contribution in [0.15, 0.2) is 59.5 Å². The van der Waals surface area contributed by atoms with Crippen LogP contribution in [0.2, 0.25) is 0 Å². The van der Waals surface area contributed by atoms with Crippen molar-refractivity contribution < 1.29 is 4.79 Å². The zero-order chi connectivity index (χ0) is 18.4. The zero-order valence-electron chi connectivity index (χ0n) is 15.3. The normalized spacial score (nSPS) is 12.2. The Kier molecular flexibility index (Phi) is 6.34. The summed E-state index contributed by atoms with van der Waals surface area (Å²) in [6.45, 7) is 2.75. The first-order chi connectivity index (χ1) is 12.6. The van der Waals surface area contributed by atoms with Crippen LogP contribution in [0.3, 0.4) is 0 Å². The maximum atomic E-state index is 12.5. The predicted octanol–water partition coefficient (Wildman–Crippen LogP) is 4.38. The first-order valence-electron chi connectivity index (χ1n) is 9.00. The molecule has 1 N–H and O–H groups in total. The van der Waals surface area contributed by atoms with Gasteiger partial charge in [-0.2, -0.15) is 0 Å². The summed E-state index contributed by atoms with van der Waals surface area (Å²) in [6, 6.07) is 18.3. The van der Waals surface area contributed by atoms with Crippen molar-refractivity contribution in [2.24, 2.45) is 5.92 Å². The molecule has 0 spiro atoms. The number of fused-ring (bicyclic) bond motifs is 1. The van der Waals surface area contributed by atoms with E-state index in [9.17, 15) is 4.79 Å². The standard InChI is InChI=1S/C21H25N3OS/c1-16(15-26-17-9-4-3-5-10-17)21(25)24(2)14-8-13-20-22-18-11-6-7-12-19(18)23-20/h3-7,9-12,16H,8,13-15H2,1-2H3,(H,22,23). The Labute approximate surface area is 159 Å². The second-order valence-corrected chi connectivity index (χ2v) is 7.68. The minimum atomic E-state index is 0.0106. The number of nitrogens with zero attached hydrogens (tertiary/aromatic N) is 2. The third-order valence-electron chi connectivity index (χ3n) is 4.39. The van der Waals surface area contributed by atoms with E-state index in [2.05, 4.69) is 22.1 Å². The maximum Gasteiger partial charge on any atom is 0.225 e. The molecule has 26 heavy (non-hydrogen) atoms. The van der Waals surface area contributed by atoms with Gasteiger partial charge in [0.1, 0.15) is 5.82 Å². The van der Waals surface area contributed by atoms with Crippen LogP contribution in [-0.2, 0) is 11.2 Å². The number of benzene rings is 2. The lowest BCUT2D eigenvalue weighted by molar-refractivity contribution is -0.132. The van der Waals surface area contributed by atoms with Crippen LogP contribution in [0.4, 0.5) is 0 Å². The van der Waals surface area contributed by atoms with E-state index < -0.39 is 0 Å². The van der Waals surface area contributed by atoms with Crippen LogP contribution in [0.1, 0.15) is 19.2 Å². The molecule has 3 aromatic rings. The third-order valence-corrected chi connectivity index (χ3v) is 5.66. The number of para-hydroxylation sites is 2. The molecule has 1 aromatic heterocycles. The summed E-state index contributed by atoms with van der Waals surface area (Å²) in [6.07, 6.45) is 1.75. The number of H-pyrrole nitrogens is 1. The molecule has 0 radical (unpaired) electrons. The Morgan fingerprint density at radius 1 is 1.15 bits per heavy atom. The Bertz CT molecular complexity index is 814. The number of carbonyl (C=O) groups excluding carboxylic acids is 1. The van der Waals surface area contributed by atoms with E-state index in [1.165, 1.54) is 4.90 Å². The van der Waals surface area contributed by atoms with E-state index in [0.29, 0.717) is 0 Å². The molecular weight excluding hydrogens is 342 g/mol. The molecule has 1 unspecified atom stereocenters. The molecule has 0 bridgehead atoms. The van der Waals surface area contributed by atoms with Crippen LogP contribution in [0.25, 0.3) is 11.0 Å². The fraction of sp³-hybridized carbons (Fsp3) is 0.333. The molecule has 1 atom stereocenters. The summed E-state index contributed by atoms with van der Waals surface area (Å²) >= 11 is 1.73. The number of amides is 1. The topological polar surface area (TPSA) is 49.0 Å². The van der Waals surface area contributed by atoms with Gasteiger partial charge in [0, 0.05) is 36.6 Å². The van der Waals surface area contributed by atoms with Gasteiger partial charge in [0.2, 0.25) is 5.91 Å². The van der Waals surface area contributed by atoms with E-state index in [1.807, 2.05) is 61.3 Å². The van der Waals surface area contributed by atoms with E-state index in [0.717, 1.165) is 42.0 Å². The van der Waals surface area contributed by atoms with Crippen molar-refractivity contribution >= 4 is 28.7 Å². The smallest absolute Gasteiger partial charge is 0.225 e. The van der Waals surface area contributed by atoms with Crippen LogP contribution in [-0.4, -0.2) is 40.1 Å². The first-order valence-corrected chi connectivity index (χ1v) is 9.98. The van der Waals surface area contributed by atoms with Gasteiger partial charge in [-0.15, -0.1) is 11.8 Å². The fourth-order valence-electron chi connectivity index (χ4n) is 2.90. The summed E-state index contributed by atoms with van der Waals surface area (Å²) in [7, 11) is 1.89. The van der Waals surface area contributed by atoms with Crippen molar-refractivity contribution in [3.8, 4) is 0 Å². The first kappa shape index (κ1) is 18.5. The number of imidazole rings is 1. The second kappa shape index (κ2) is 8.90. The van der Waals surface area contributed by atoms with Crippen LogP contribution in [0.5, 0.6) is 0 Å². The van der Waals surface area contributed by atoms with E-state index in [1.54, 1.807) is 11.8 Å². The van der Waals surface area contributed by atoms with E-state index in [4.69, 9.17) is 0 Å². The average Bonchev–Trinajstić information content (AvgIpc) is 3.09. The van der Waals surface area contributed by atoms with Crippen molar-refractivity contribution in [3.63, 3.8) is 0 Å². The van der Waals surface area contributed by atoms with Gasteiger partial charge in [-0.05, 0) is 30.7 Å². The van der Waals surface area contributed by atoms with Crippen molar-refractivity contribution in [1.82, 2.24) is 14.9 Å². The quantitative estimate of drug-likeness (QED) is 0.601. The Balaban J connectivity index is 1.43. The largest absolute Gasteiger partial charge is 0.345 e. The maximum absolute atomic E-state index is 12.5. The molecule has 1 heterocycles. The number of rotatable bonds is 8. The molecule has 0 saturated carbocycles. The van der Waals surface area contributed by atoms with Gasteiger partial charge in [0.15, 0.2) is 0 Å². The minimum Gasteiger partial charge on any atom is -0.345 e. The molecule has 0 aliphatic carbocycles. The van der Waals surface area contributed by atoms with Gasteiger partial charge in [0.05, 0.1) is 11.0 Å². The summed E-state index contributed by atoms with van der Waals surface area (Å²) in [5.41, 5.74) is 2.07. The molecule has 1 amide bonds. The number of thioether (sulfide) groups is 1. The molecule has 0 saturated heterocycles. The van der Waals surface area contributed by atoms with Crippen LogP contribution >= 0.6 is 11.8 Å². The van der Waals surface area contributed by atoms with Crippen molar-refractivity contribution in [1.29, 1.82) is 0 Å². The molecule has 2 aromatic carbocycles. The van der Waals surface area contributed by atoms with Gasteiger partial charge in [0.25, 0.3) is 0 Å². The molecule has 0 fully saturated rings. The molecule has 0 aliphatic heterocycles. The number of hydrogen-bond acceptors (Lipinski definition) is 3. The summed E-state index contributed by atoms with van der Waals surface area (Å²) in [5, 5.41) is 0. The fourth-order valence-corrected chi connectivity index (χ4v) is 3.84. The van der Waals surface area contributed by atoms with Crippen LogP contribution < -0.4 is 0 Å². The number of carbonyl (C=O) groups is 1. The van der Waals surface area contributed by atoms with Gasteiger partial charge < -0.3 is 9.88 Å². The highest BCUT2D eigenvalue weighted by atomic mass is 32.2. The monoisotopic (exact) mass is 367 g/mol. The molecule has 5 heteroatoms. The average molecular weight is 368 g/mol. The number of aromatic amines is 1. The van der Waals surface area contributed by atoms with Crippen molar-refractivity contribution in [2.75, 3.05) is 19.3 Å². The molecule has 4 nitrogen and oxygen atoms in total. The minimum absolute atomic E-state index is 0.0106. The molecule has 0 aliphatic rings. The summed E-state index contributed by atoms with van der Waals surface area (Å²) in [4.78, 5) is 23.5. The van der Waals surface area contributed by atoms with E-state index >= 15 is 0 Å². The SMILES string of the molecule is CC(CSc1ccccc1)C(=O)N(C)CCCc1nc2ccccc2[nH]1. The van der Waals surface area contributed by atoms with Crippen molar-refractivity contribution in [3.05, 3.63) is 60.4 Å². The Morgan fingerprint density at radius 3 is 2.65 bits per heavy atom. The third kappa shape index (κ3) is 4.88. The lowest BCUT2D eigenvalue weighted by Gasteiger charge is -2.21. The number of hydrogen-bond donors (Lipinski definition) is 1. The molecule has 3 rings (SSSR count). The highest BCUT2D eigenvalue weighted by molar-refractivity contribution is 7.99. The van der Waals surface area contributed by atoms with Gasteiger partial charge in [-0.1, -0.05) is 37.3 Å². The lowest BCUT2D eigenvalue weighted by Crippen LogP contribution is -2.33. The van der Waals surface area contributed by atoms with Crippen LogP contribution in [0, 0.1) is 5.92 Å². The lowest BCUT2D eigenvalue weighted by atomic mass is 10.2. The highest BCUT2D eigenvalue weighted by Crippen LogP contribution is 2.21. The second-order valence-electron chi connectivity index (χ2n) is 6.59. The van der Waals surface area contributed by atoms with E-state index in [-0.39, 0.29) is 11.8 Å². The molecular formula is C21H25N3OS. The Morgan fingerprint density at radius 2 is 1.88 bits per heavy atom. The summed E-state index contributed by atoms with van der Waals surface area (Å²) in [5.74, 6) is 2.01. The zero-order valence-corrected chi connectivity index (χ0v) is 16.1. The van der Waals surface area contributed by atoms with Gasteiger partial charge >= 0.3 is 0 Å². The molecule has 136 valence electrons.